The zero-order valence-electron chi connectivity index (χ0n) is 13.2. The lowest BCUT2D eigenvalue weighted by atomic mass is 9.74. The van der Waals surface area contributed by atoms with Crippen molar-refractivity contribution in [3.05, 3.63) is 0 Å². The highest BCUT2D eigenvalue weighted by molar-refractivity contribution is 4.90. The molecule has 0 bridgehead atoms. The highest BCUT2D eigenvalue weighted by Gasteiger charge is 2.34. The van der Waals surface area contributed by atoms with Crippen LogP contribution in [0.5, 0.6) is 0 Å². The molecule has 0 radical (unpaired) electrons. The smallest absolute Gasteiger partial charge is 0.0771 e. The molecule has 1 unspecified atom stereocenters. The minimum absolute atomic E-state index is 0.423. The summed E-state index contributed by atoms with van der Waals surface area (Å²) >= 11 is 0. The molecular weight excluding hydrogens is 234 g/mol. The third kappa shape index (κ3) is 4.46. The molecule has 2 heteroatoms. The van der Waals surface area contributed by atoms with E-state index in [0.717, 1.165) is 25.3 Å². The van der Waals surface area contributed by atoms with Gasteiger partial charge >= 0.3 is 0 Å². The maximum absolute atomic E-state index is 10.7. The van der Waals surface area contributed by atoms with E-state index in [-0.39, 0.29) is 0 Å². The zero-order chi connectivity index (χ0) is 13.9. The summed E-state index contributed by atoms with van der Waals surface area (Å²) < 4.78 is 0. The highest BCUT2D eigenvalue weighted by atomic mass is 16.3. The predicted molar refractivity (Wildman–Crippen MR) is 81.2 cm³/mol. The Kier molecular flexibility index (Phi) is 4.94. The van der Waals surface area contributed by atoms with Crippen LogP contribution in [-0.4, -0.2) is 23.3 Å². The van der Waals surface area contributed by atoms with Crippen molar-refractivity contribution in [2.45, 2.75) is 90.2 Å². The molecule has 0 aromatic carbocycles. The van der Waals surface area contributed by atoms with E-state index in [4.69, 9.17) is 0 Å². The molecule has 2 N–H and O–H groups in total. The van der Waals surface area contributed by atoms with Crippen molar-refractivity contribution in [2.24, 2.45) is 11.3 Å². The van der Waals surface area contributed by atoms with E-state index >= 15 is 0 Å². The average Bonchev–Trinajstić information content (AvgIpc) is 2.37. The maximum atomic E-state index is 10.7. The molecule has 2 rings (SSSR count). The first-order chi connectivity index (χ1) is 8.92. The van der Waals surface area contributed by atoms with Gasteiger partial charge in [-0.15, -0.1) is 0 Å². The molecule has 2 aliphatic rings. The second kappa shape index (κ2) is 6.13. The Hall–Kier alpha value is -0.0800. The van der Waals surface area contributed by atoms with Crippen LogP contribution in [0.25, 0.3) is 0 Å². The van der Waals surface area contributed by atoms with Crippen molar-refractivity contribution < 1.29 is 5.11 Å². The average molecular weight is 267 g/mol. The van der Waals surface area contributed by atoms with E-state index in [1.807, 2.05) is 0 Å². The number of rotatable bonds is 4. The maximum Gasteiger partial charge on any atom is 0.0771 e. The normalized spacial score (nSPS) is 39.2. The lowest BCUT2D eigenvalue weighted by Gasteiger charge is -2.40. The van der Waals surface area contributed by atoms with Crippen LogP contribution in [0, 0.1) is 11.3 Å². The van der Waals surface area contributed by atoms with Gasteiger partial charge in [-0.05, 0) is 56.3 Å². The molecule has 2 aliphatic carbocycles. The first-order valence-corrected chi connectivity index (χ1v) is 8.38. The fourth-order valence-corrected chi connectivity index (χ4v) is 4.01. The summed E-state index contributed by atoms with van der Waals surface area (Å²) in [5.74, 6) is 0.855. The molecule has 1 atom stereocenters. The number of hydrogen-bond donors (Lipinski definition) is 2. The van der Waals surface area contributed by atoms with Crippen LogP contribution in [-0.2, 0) is 0 Å². The number of nitrogens with one attached hydrogen (secondary N) is 1. The highest BCUT2D eigenvalue weighted by Crippen LogP contribution is 2.36. The number of hydrogen-bond acceptors (Lipinski definition) is 2. The molecular formula is C17H33NO. The minimum Gasteiger partial charge on any atom is -0.389 e. The van der Waals surface area contributed by atoms with Crippen molar-refractivity contribution in [1.82, 2.24) is 5.32 Å². The van der Waals surface area contributed by atoms with Crippen molar-refractivity contribution in [1.29, 1.82) is 0 Å². The van der Waals surface area contributed by atoms with Gasteiger partial charge in [0.25, 0.3) is 0 Å². The van der Waals surface area contributed by atoms with Crippen LogP contribution in [0.2, 0.25) is 0 Å². The van der Waals surface area contributed by atoms with E-state index in [9.17, 15) is 5.11 Å². The van der Waals surface area contributed by atoms with Crippen molar-refractivity contribution in [3.8, 4) is 0 Å². The lowest BCUT2D eigenvalue weighted by Crippen LogP contribution is -2.48. The molecule has 0 heterocycles. The Morgan fingerprint density at radius 1 is 1.11 bits per heavy atom. The first kappa shape index (κ1) is 15.3. The molecule has 19 heavy (non-hydrogen) atoms. The van der Waals surface area contributed by atoms with Crippen molar-refractivity contribution in [2.75, 3.05) is 6.54 Å². The Morgan fingerprint density at radius 3 is 2.37 bits per heavy atom. The van der Waals surface area contributed by atoms with Crippen LogP contribution in [0.15, 0.2) is 0 Å². The van der Waals surface area contributed by atoms with E-state index < -0.39 is 5.60 Å². The fraction of sp³-hybridized carbons (Fsp3) is 1.00. The molecule has 2 fully saturated rings. The molecule has 112 valence electrons. The van der Waals surface area contributed by atoms with E-state index in [0.29, 0.717) is 11.5 Å². The van der Waals surface area contributed by atoms with Crippen molar-refractivity contribution in [3.63, 3.8) is 0 Å². The largest absolute Gasteiger partial charge is 0.389 e. The minimum atomic E-state index is -0.423. The molecule has 2 saturated carbocycles. The summed E-state index contributed by atoms with van der Waals surface area (Å²) in [6.45, 7) is 7.84. The summed E-state index contributed by atoms with van der Waals surface area (Å²) in [6.07, 6.45) is 10.9. The zero-order valence-corrected chi connectivity index (χ0v) is 13.2. The van der Waals surface area contributed by atoms with Gasteiger partial charge in [0, 0.05) is 12.6 Å². The Labute approximate surface area is 119 Å². The van der Waals surface area contributed by atoms with Gasteiger partial charge in [-0.3, -0.25) is 0 Å². The van der Waals surface area contributed by atoms with Gasteiger partial charge in [0.1, 0.15) is 0 Å². The SMILES string of the molecule is CCC1CCC(O)(CNC2CCCC(C)(C)C2)CC1. The molecule has 0 spiro atoms. The summed E-state index contributed by atoms with van der Waals surface area (Å²) in [5.41, 5.74) is 0.0612. The van der Waals surface area contributed by atoms with Crippen LogP contribution in [0.3, 0.4) is 0 Å². The third-order valence-electron chi connectivity index (χ3n) is 5.54. The van der Waals surface area contributed by atoms with E-state index in [2.05, 4.69) is 26.1 Å². The topological polar surface area (TPSA) is 32.3 Å². The van der Waals surface area contributed by atoms with Gasteiger partial charge in [-0.25, -0.2) is 0 Å². The molecule has 0 amide bonds. The fourth-order valence-electron chi connectivity index (χ4n) is 4.01. The van der Waals surface area contributed by atoms with Gasteiger partial charge in [0.2, 0.25) is 0 Å². The summed E-state index contributed by atoms with van der Waals surface area (Å²) in [5, 5.41) is 14.4. The van der Waals surface area contributed by atoms with E-state index in [1.165, 1.54) is 44.9 Å². The second-order valence-corrected chi connectivity index (χ2v) is 7.91. The van der Waals surface area contributed by atoms with E-state index in [1.54, 1.807) is 0 Å². The monoisotopic (exact) mass is 267 g/mol. The predicted octanol–water partition coefficient (Wildman–Crippen LogP) is 3.88. The van der Waals surface area contributed by atoms with Gasteiger partial charge in [0.05, 0.1) is 5.60 Å². The lowest BCUT2D eigenvalue weighted by molar-refractivity contribution is -0.0129. The standard InChI is InChI=1S/C17H33NO/c1-4-14-7-10-17(19,11-8-14)13-18-15-6-5-9-16(2,3)12-15/h14-15,18-19H,4-13H2,1-3H3. The molecule has 2 nitrogen and oxygen atoms in total. The quantitative estimate of drug-likeness (QED) is 0.810. The molecule has 0 aliphatic heterocycles. The molecule has 0 saturated heterocycles. The summed E-state index contributed by atoms with van der Waals surface area (Å²) in [4.78, 5) is 0. The van der Waals surface area contributed by atoms with Gasteiger partial charge < -0.3 is 10.4 Å². The molecule has 0 aromatic rings. The number of aliphatic hydroxyl groups is 1. The Bertz CT molecular complexity index is 279. The Balaban J connectivity index is 1.75. The summed E-state index contributed by atoms with van der Waals surface area (Å²) in [6, 6.07) is 0.622. The van der Waals surface area contributed by atoms with Gasteiger partial charge in [-0.1, -0.05) is 33.6 Å². The van der Waals surface area contributed by atoms with Crippen LogP contribution < -0.4 is 5.32 Å². The van der Waals surface area contributed by atoms with Crippen LogP contribution in [0.4, 0.5) is 0 Å². The van der Waals surface area contributed by atoms with Crippen LogP contribution >= 0.6 is 0 Å². The van der Waals surface area contributed by atoms with Crippen LogP contribution in [0.1, 0.15) is 78.6 Å². The van der Waals surface area contributed by atoms with Gasteiger partial charge in [-0.2, -0.15) is 0 Å². The second-order valence-electron chi connectivity index (χ2n) is 7.91. The molecule has 0 aromatic heterocycles. The third-order valence-corrected chi connectivity index (χ3v) is 5.54. The first-order valence-electron chi connectivity index (χ1n) is 8.38. The Morgan fingerprint density at radius 2 is 1.79 bits per heavy atom. The van der Waals surface area contributed by atoms with Gasteiger partial charge in [0.15, 0.2) is 0 Å². The summed E-state index contributed by atoms with van der Waals surface area (Å²) in [7, 11) is 0. The van der Waals surface area contributed by atoms with Crippen molar-refractivity contribution >= 4 is 0 Å².